The SMILES string of the molecule is COc1ccc(C)cc1S(=O)(=O)NCCN([C@H]1CCS(=O)(=O)C1)S(=O)(=O)c1cc(C)ccc1OC. The van der Waals surface area contributed by atoms with Crippen molar-refractivity contribution in [2.75, 3.05) is 38.8 Å². The van der Waals surface area contributed by atoms with Gasteiger partial charge in [0.05, 0.1) is 25.7 Å². The molecule has 10 nitrogen and oxygen atoms in total. The summed E-state index contributed by atoms with van der Waals surface area (Å²) in [4.78, 5) is -0.175. The summed E-state index contributed by atoms with van der Waals surface area (Å²) in [7, 11) is -8.96. The van der Waals surface area contributed by atoms with Crippen LogP contribution >= 0.6 is 0 Å². The van der Waals surface area contributed by atoms with Crippen molar-refractivity contribution in [2.45, 2.75) is 36.1 Å². The zero-order chi connectivity index (χ0) is 26.0. The molecule has 3 rings (SSSR count). The number of methoxy groups -OCH3 is 2. The van der Waals surface area contributed by atoms with Crippen molar-refractivity contribution in [1.82, 2.24) is 9.03 Å². The molecule has 0 aromatic heterocycles. The summed E-state index contributed by atoms with van der Waals surface area (Å²) in [6.07, 6.45) is 0.119. The molecule has 35 heavy (non-hydrogen) atoms. The van der Waals surface area contributed by atoms with Gasteiger partial charge in [-0.05, 0) is 55.7 Å². The van der Waals surface area contributed by atoms with E-state index in [0.29, 0.717) is 11.1 Å². The highest BCUT2D eigenvalue weighted by atomic mass is 32.2. The molecule has 1 aliphatic heterocycles. The van der Waals surface area contributed by atoms with Crippen LogP contribution < -0.4 is 14.2 Å². The lowest BCUT2D eigenvalue weighted by Crippen LogP contribution is -2.45. The maximum absolute atomic E-state index is 13.7. The number of nitrogens with one attached hydrogen (secondary N) is 1. The van der Waals surface area contributed by atoms with Gasteiger partial charge >= 0.3 is 0 Å². The van der Waals surface area contributed by atoms with Gasteiger partial charge < -0.3 is 9.47 Å². The van der Waals surface area contributed by atoms with E-state index in [-0.39, 0.29) is 52.3 Å². The van der Waals surface area contributed by atoms with E-state index in [2.05, 4.69) is 4.72 Å². The molecule has 2 aromatic rings. The number of sulfone groups is 1. The van der Waals surface area contributed by atoms with Crippen LogP contribution in [-0.4, -0.2) is 74.4 Å². The summed E-state index contributed by atoms with van der Waals surface area (Å²) >= 11 is 0. The lowest BCUT2D eigenvalue weighted by Gasteiger charge is -2.28. The van der Waals surface area contributed by atoms with Crippen LogP contribution in [-0.2, 0) is 29.9 Å². The van der Waals surface area contributed by atoms with Crippen molar-refractivity contribution in [3.8, 4) is 11.5 Å². The summed E-state index contributed by atoms with van der Waals surface area (Å²) in [6.45, 7) is 2.92. The summed E-state index contributed by atoms with van der Waals surface area (Å²) in [6, 6.07) is 8.55. The van der Waals surface area contributed by atoms with E-state index in [1.165, 1.54) is 38.5 Å². The molecular formula is C22H30N2O8S3. The molecule has 0 bridgehead atoms. The highest BCUT2D eigenvalue weighted by Crippen LogP contribution is 2.31. The van der Waals surface area contributed by atoms with Gasteiger partial charge in [0, 0.05) is 19.1 Å². The number of nitrogens with zero attached hydrogens (tertiary/aromatic N) is 1. The Balaban J connectivity index is 1.92. The van der Waals surface area contributed by atoms with Crippen LogP contribution in [0.5, 0.6) is 11.5 Å². The summed E-state index contributed by atoms with van der Waals surface area (Å²) in [5, 5.41) is 0. The highest BCUT2D eigenvalue weighted by Gasteiger charge is 2.40. The lowest BCUT2D eigenvalue weighted by atomic mass is 10.2. The molecule has 13 heteroatoms. The van der Waals surface area contributed by atoms with E-state index in [1.54, 1.807) is 26.0 Å². The van der Waals surface area contributed by atoms with Crippen LogP contribution in [0.25, 0.3) is 0 Å². The maximum Gasteiger partial charge on any atom is 0.247 e. The van der Waals surface area contributed by atoms with Gasteiger partial charge in [-0.1, -0.05) is 12.1 Å². The number of sulfonamides is 2. The van der Waals surface area contributed by atoms with Gasteiger partial charge in [0.2, 0.25) is 20.0 Å². The fourth-order valence-corrected chi connectivity index (χ4v) is 8.97. The van der Waals surface area contributed by atoms with Crippen molar-refractivity contribution in [2.24, 2.45) is 0 Å². The van der Waals surface area contributed by atoms with Crippen LogP contribution in [0.2, 0.25) is 0 Å². The van der Waals surface area contributed by atoms with Gasteiger partial charge in [0.1, 0.15) is 21.3 Å². The Morgan fingerprint density at radius 2 is 1.49 bits per heavy atom. The topological polar surface area (TPSA) is 136 Å². The van der Waals surface area contributed by atoms with E-state index >= 15 is 0 Å². The van der Waals surface area contributed by atoms with Crippen molar-refractivity contribution < 1.29 is 34.7 Å². The lowest BCUT2D eigenvalue weighted by molar-refractivity contribution is 0.339. The van der Waals surface area contributed by atoms with Crippen LogP contribution in [0.3, 0.4) is 0 Å². The van der Waals surface area contributed by atoms with Crippen molar-refractivity contribution in [1.29, 1.82) is 0 Å². The second-order valence-electron chi connectivity index (χ2n) is 8.38. The molecular weight excluding hydrogens is 516 g/mol. The predicted molar refractivity (Wildman–Crippen MR) is 132 cm³/mol. The fraction of sp³-hybridized carbons (Fsp3) is 0.455. The first-order valence-corrected chi connectivity index (χ1v) is 15.6. The van der Waals surface area contributed by atoms with E-state index in [9.17, 15) is 25.3 Å². The van der Waals surface area contributed by atoms with Crippen LogP contribution in [0.1, 0.15) is 17.5 Å². The summed E-state index contributed by atoms with van der Waals surface area (Å²) in [5.74, 6) is -0.204. The van der Waals surface area contributed by atoms with Gasteiger partial charge in [0.25, 0.3) is 0 Å². The van der Waals surface area contributed by atoms with Crippen molar-refractivity contribution >= 4 is 29.9 Å². The summed E-state index contributed by atoms with van der Waals surface area (Å²) in [5.41, 5.74) is 1.38. The minimum absolute atomic E-state index is 0.0711. The minimum Gasteiger partial charge on any atom is -0.495 e. The Kier molecular flexibility index (Phi) is 8.16. The monoisotopic (exact) mass is 546 g/mol. The zero-order valence-corrected chi connectivity index (χ0v) is 22.5. The number of hydrogen-bond acceptors (Lipinski definition) is 8. The molecule has 0 aliphatic carbocycles. The smallest absolute Gasteiger partial charge is 0.247 e. The van der Waals surface area contributed by atoms with E-state index < -0.39 is 35.9 Å². The third-order valence-electron chi connectivity index (χ3n) is 5.75. The van der Waals surface area contributed by atoms with Gasteiger partial charge in [-0.15, -0.1) is 0 Å². The number of ether oxygens (including phenoxy) is 2. The average molecular weight is 547 g/mol. The quantitative estimate of drug-likeness (QED) is 0.473. The largest absolute Gasteiger partial charge is 0.495 e. The van der Waals surface area contributed by atoms with Crippen molar-refractivity contribution in [3.05, 3.63) is 47.5 Å². The van der Waals surface area contributed by atoms with E-state index in [1.807, 2.05) is 0 Å². The van der Waals surface area contributed by atoms with Crippen LogP contribution in [0.15, 0.2) is 46.2 Å². The Bertz CT molecular complexity index is 1400. The molecule has 1 fully saturated rings. The standard InChI is InChI=1S/C22H30N2O8S3/c1-16-5-7-19(31-3)21(13-16)34(27,28)23-10-11-24(18-9-12-33(25,26)15-18)35(29,30)22-14-17(2)6-8-20(22)32-4/h5-8,13-14,18,23H,9-12,15H2,1-4H3/t18-/m0/s1. The Hall–Kier alpha value is -2.19. The Labute approximate surface area is 207 Å². The van der Waals surface area contributed by atoms with Crippen molar-refractivity contribution in [3.63, 3.8) is 0 Å². The highest BCUT2D eigenvalue weighted by molar-refractivity contribution is 7.92. The van der Waals surface area contributed by atoms with Crippen LogP contribution in [0.4, 0.5) is 0 Å². The molecule has 2 aromatic carbocycles. The predicted octanol–water partition coefficient (Wildman–Crippen LogP) is 1.48. The zero-order valence-electron chi connectivity index (χ0n) is 20.0. The molecule has 0 spiro atoms. The Morgan fingerprint density at radius 3 is 2.00 bits per heavy atom. The number of benzene rings is 2. The van der Waals surface area contributed by atoms with Gasteiger partial charge in [-0.3, -0.25) is 0 Å². The van der Waals surface area contributed by atoms with Gasteiger partial charge in [0.15, 0.2) is 9.84 Å². The van der Waals surface area contributed by atoms with E-state index in [0.717, 1.165) is 4.31 Å². The van der Waals surface area contributed by atoms with Gasteiger partial charge in [-0.2, -0.15) is 4.31 Å². The van der Waals surface area contributed by atoms with Crippen LogP contribution in [0, 0.1) is 13.8 Å². The first-order chi connectivity index (χ1) is 16.3. The molecule has 1 aliphatic rings. The first kappa shape index (κ1) is 27.4. The first-order valence-electron chi connectivity index (χ1n) is 10.8. The normalized spacial score (nSPS) is 18.0. The molecule has 0 radical (unpaired) electrons. The molecule has 1 heterocycles. The molecule has 194 valence electrons. The third kappa shape index (κ3) is 6.15. The second kappa shape index (κ2) is 10.4. The second-order valence-corrected chi connectivity index (χ2v) is 14.2. The maximum atomic E-state index is 13.7. The molecule has 1 atom stereocenters. The molecule has 0 unspecified atom stereocenters. The number of hydrogen-bond donors (Lipinski definition) is 1. The molecule has 0 saturated carbocycles. The molecule has 1 N–H and O–H groups in total. The Morgan fingerprint density at radius 1 is 0.943 bits per heavy atom. The molecule has 1 saturated heterocycles. The minimum atomic E-state index is -4.22. The average Bonchev–Trinajstić information content (AvgIpc) is 3.15. The van der Waals surface area contributed by atoms with E-state index in [4.69, 9.17) is 9.47 Å². The summed E-state index contributed by atoms with van der Waals surface area (Å²) < 4.78 is 91.4. The van der Waals surface area contributed by atoms with Gasteiger partial charge in [-0.25, -0.2) is 30.0 Å². The number of rotatable bonds is 10. The molecule has 0 amide bonds. The fourth-order valence-electron chi connectivity index (χ4n) is 3.98. The third-order valence-corrected chi connectivity index (χ3v) is 11.0. The number of aryl methyl sites for hydroxylation is 2.